The lowest BCUT2D eigenvalue weighted by Gasteiger charge is -2.23. The van der Waals surface area contributed by atoms with Crippen LogP contribution < -0.4 is 5.32 Å². The third kappa shape index (κ3) is 4.45. The molecule has 1 heterocycles. The molecule has 5 nitrogen and oxygen atoms in total. The van der Waals surface area contributed by atoms with Gasteiger partial charge < -0.3 is 20.1 Å². The zero-order chi connectivity index (χ0) is 15.8. The number of ether oxygens (including phenoxy) is 1. The van der Waals surface area contributed by atoms with Gasteiger partial charge in [0.25, 0.3) is 0 Å². The number of hydrogen-bond donors (Lipinski definition) is 2. The first kappa shape index (κ1) is 16.8. The van der Waals surface area contributed by atoms with Crippen LogP contribution in [0.15, 0.2) is 24.3 Å². The minimum Gasteiger partial charge on any atom is -0.394 e. The molecule has 1 saturated heterocycles. The van der Waals surface area contributed by atoms with Crippen molar-refractivity contribution in [2.45, 2.75) is 45.4 Å². The molecule has 0 radical (unpaired) electrons. The summed E-state index contributed by atoms with van der Waals surface area (Å²) in [6, 6.07) is 7.86. The van der Waals surface area contributed by atoms with E-state index in [1.807, 2.05) is 24.3 Å². The number of benzene rings is 1. The number of aliphatic hydroxyl groups excluding tert-OH is 1. The Morgan fingerprint density at radius 2 is 2.18 bits per heavy atom. The molecule has 1 aromatic carbocycles. The van der Waals surface area contributed by atoms with E-state index in [2.05, 4.69) is 12.2 Å². The van der Waals surface area contributed by atoms with E-state index >= 15 is 0 Å². The summed E-state index contributed by atoms with van der Waals surface area (Å²) >= 11 is 0. The van der Waals surface area contributed by atoms with Crippen LogP contribution in [0.1, 0.15) is 37.3 Å². The molecule has 5 heteroatoms. The molecule has 122 valence electrons. The summed E-state index contributed by atoms with van der Waals surface area (Å²) in [5.41, 5.74) is 2.18. The van der Waals surface area contributed by atoms with Crippen molar-refractivity contribution >= 4 is 6.03 Å². The Balaban J connectivity index is 1.89. The molecule has 1 aliphatic heterocycles. The minimum absolute atomic E-state index is 0.0366. The molecule has 0 saturated carbocycles. The maximum absolute atomic E-state index is 12.2. The van der Waals surface area contributed by atoms with E-state index < -0.39 is 0 Å². The van der Waals surface area contributed by atoms with Crippen molar-refractivity contribution in [3.63, 3.8) is 0 Å². The number of carbonyl (C=O) groups is 1. The number of amides is 2. The van der Waals surface area contributed by atoms with Gasteiger partial charge in [-0.15, -0.1) is 0 Å². The molecule has 0 aromatic heterocycles. The zero-order valence-corrected chi connectivity index (χ0v) is 13.3. The number of carbonyl (C=O) groups excluding carboxylic acids is 1. The molecule has 2 N–H and O–H groups in total. The number of aliphatic hydroxyl groups is 1. The number of rotatable bonds is 7. The van der Waals surface area contributed by atoms with Crippen molar-refractivity contribution in [2.24, 2.45) is 0 Å². The summed E-state index contributed by atoms with van der Waals surface area (Å²) in [6.07, 6.45) is 2.84. The van der Waals surface area contributed by atoms with Crippen molar-refractivity contribution in [2.75, 3.05) is 19.8 Å². The van der Waals surface area contributed by atoms with Crippen LogP contribution in [0.3, 0.4) is 0 Å². The fourth-order valence-electron chi connectivity index (χ4n) is 2.76. The van der Waals surface area contributed by atoms with E-state index in [0.29, 0.717) is 13.2 Å². The third-order valence-electron chi connectivity index (χ3n) is 4.00. The number of hydrogen-bond acceptors (Lipinski definition) is 3. The molecule has 1 fully saturated rings. The lowest BCUT2D eigenvalue weighted by Crippen LogP contribution is -2.43. The molecule has 0 bridgehead atoms. The average Bonchev–Trinajstić information content (AvgIpc) is 3.02. The molecule has 1 unspecified atom stereocenters. The number of nitrogens with one attached hydrogen (secondary N) is 1. The van der Waals surface area contributed by atoms with Crippen LogP contribution in [0, 0.1) is 0 Å². The van der Waals surface area contributed by atoms with Crippen LogP contribution in [-0.2, 0) is 17.9 Å². The van der Waals surface area contributed by atoms with E-state index in [1.54, 1.807) is 4.90 Å². The molecule has 1 aliphatic rings. The molecule has 2 rings (SSSR count). The van der Waals surface area contributed by atoms with Gasteiger partial charge in [0.1, 0.15) is 0 Å². The van der Waals surface area contributed by atoms with Crippen LogP contribution in [0.2, 0.25) is 0 Å². The fourth-order valence-corrected chi connectivity index (χ4v) is 2.76. The molecule has 0 spiro atoms. The molecule has 0 aliphatic carbocycles. The van der Waals surface area contributed by atoms with Crippen LogP contribution in [0.25, 0.3) is 0 Å². The van der Waals surface area contributed by atoms with Gasteiger partial charge in [0, 0.05) is 19.7 Å². The van der Waals surface area contributed by atoms with Crippen molar-refractivity contribution in [1.29, 1.82) is 0 Å². The van der Waals surface area contributed by atoms with Gasteiger partial charge in [-0.05, 0) is 30.4 Å². The Kier molecular flexibility index (Phi) is 6.68. The van der Waals surface area contributed by atoms with E-state index in [9.17, 15) is 9.90 Å². The summed E-state index contributed by atoms with van der Waals surface area (Å²) in [7, 11) is 0. The van der Waals surface area contributed by atoms with Gasteiger partial charge in [0.05, 0.1) is 19.3 Å². The first-order valence-corrected chi connectivity index (χ1v) is 8.06. The Labute approximate surface area is 132 Å². The van der Waals surface area contributed by atoms with Crippen LogP contribution >= 0.6 is 0 Å². The van der Waals surface area contributed by atoms with E-state index in [4.69, 9.17) is 4.74 Å². The first-order valence-electron chi connectivity index (χ1n) is 8.06. The monoisotopic (exact) mass is 306 g/mol. The quantitative estimate of drug-likeness (QED) is 0.760. The predicted molar refractivity (Wildman–Crippen MR) is 85.4 cm³/mol. The molecule has 1 atom stereocenters. The second-order valence-corrected chi connectivity index (χ2v) is 5.65. The first-order chi connectivity index (χ1) is 10.8. The second-order valence-electron chi connectivity index (χ2n) is 5.65. The standard InChI is InChI=1S/C17H26N2O3/c1-2-10-22-13-15-7-4-3-6-14(15)11-18-17(21)19-9-5-8-16(19)12-20/h3-4,6-7,16,20H,2,5,8-13H2,1H3,(H,18,21). The maximum Gasteiger partial charge on any atom is 0.317 e. The number of likely N-dealkylation sites (tertiary alicyclic amines) is 1. The molecular formula is C17H26N2O3. The van der Waals surface area contributed by atoms with Gasteiger partial charge in [-0.2, -0.15) is 0 Å². The number of nitrogens with zero attached hydrogens (tertiary/aromatic N) is 1. The summed E-state index contributed by atoms with van der Waals surface area (Å²) in [6.45, 7) is 4.64. The van der Waals surface area contributed by atoms with Gasteiger partial charge in [0.15, 0.2) is 0 Å². The smallest absolute Gasteiger partial charge is 0.317 e. The van der Waals surface area contributed by atoms with Crippen LogP contribution in [-0.4, -0.2) is 41.8 Å². The fraction of sp³-hybridized carbons (Fsp3) is 0.588. The highest BCUT2D eigenvalue weighted by Gasteiger charge is 2.27. The lowest BCUT2D eigenvalue weighted by molar-refractivity contribution is 0.121. The average molecular weight is 306 g/mol. The predicted octanol–water partition coefficient (Wildman–Crippen LogP) is 2.28. The Hall–Kier alpha value is -1.59. The Morgan fingerprint density at radius 1 is 1.41 bits per heavy atom. The van der Waals surface area contributed by atoms with Gasteiger partial charge in [-0.25, -0.2) is 4.79 Å². The zero-order valence-electron chi connectivity index (χ0n) is 13.3. The highest BCUT2D eigenvalue weighted by molar-refractivity contribution is 5.74. The molecule has 2 amide bonds. The Morgan fingerprint density at radius 3 is 2.91 bits per heavy atom. The summed E-state index contributed by atoms with van der Waals surface area (Å²) < 4.78 is 5.59. The van der Waals surface area contributed by atoms with Crippen molar-refractivity contribution in [1.82, 2.24) is 10.2 Å². The summed E-state index contributed by atoms with van der Waals surface area (Å²) in [4.78, 5) is 14.0. The lowest BCUT2D eigenvalue weighted by atomic mass is 10.1. The van der Waals surface area contributed by atoms with E-state index in [-0.39, 0.29) is 18.7 Å². The minimum atomic E-state index is -0.0965. The highest BCUT2D eigenvalue weighted by Crippen LogP contribution is 2.17. The third-order valence-corrected chi connectivity index (χ3v) is 4.00. The topological polar surface area (TPSA) is 61.8 Å². The van der Waals surface area contributed by atoms with Gasteiger partial charge in [0.2, 0.25) is 0 Å². The molecule has 1 aromatic rings. The van der Waals surface area contributed by atoms with Gasteiger partial charge >= 0.3 is 6.03 Å². The number of urea groups is 1. The molecular weight excluding hydrogens is 280 g/mol. The largest absolute Gasteiger partial charge is 0.394 e. The van der Waals surface area contributed by atoms with Crippen molar-refractivity contribution in [3.8, 4) is 0 Å². The summed E-state index contributed by atoms with van der Waals surface area (Å²) in [5.74, 6) is 0. The van der Waals surface area contributed by atoms with Gasteiger partial charge in [-0.1, -0.05) is 31.2 Å². The highest BCUT2D eigenvalue weighted by atomic mass is 16.5. The Bertz CT molecular complexity index is 479. The van der Waals surface area contributed by atoms with Crippen molar-refractivity contribution < 1.29 is 14.6 Å². The van der Waals surface area contributed by atoms with E-state index in [0.717, 1.165) is 43.5 Å². The SMILES string of the molecule is CCCOCc1ccccc1CNC(=O)N1CCCC1CO. The van der Waals surface area contributed by atoms with E-state index in [1.165, 1.54) is 0 Å². The van der Waals surface area contributed by atoms with Crippen LogP contribution in [0.4, 0.5) is 4.79 Å². The maximum atomic E-state index is 12.2. The summed E-state index contributed by atoms with van der Waals surface area (Å²) in [5, 5.41) is 12.3. The molecule has 22 heavy (non-hydrogen) atoms. The van der Waals surface area contributed by atoms with Crippen molar-refractivity contribution in [3.05, 3.63) is 35.4 Å². The van der Waals surface area contributed by atoms with Crippen LogP contribution in [0.5, 0.6) is 0 Å². The van der Waals surface area contributed by atoms with Gasteiger partial charge in [-0.3, -0.25) is 0 Å². The second kappa shape index (κ2) is 8.76. The normalized spacial score (nSPS) is 17.7.